The summed E-state index contributed by atoms with van der Waals surface area (Å²) >= 11 is 0. The lowest BCUT2D eigenvalue weighted by Crippen LogP contribution is -2.43. The molecule has 7 nitrogen and oxygen atoms in total. The Morgan fingerprint density at radius 3 is 2.81 bits per heavy atom. The number of hydrogen-bond donors (Lipinski definition) is 1. The van der Waals surface area contributed by atoms with Crippen molar-refractivity contribution in [2.24, 2.45) is 0 Å². The average molecular weight is 371 g/mol. The molecule has 1 N–H and O–H groups in total. The highest BCUT2D eigenvalue weighted by Crippen LogP contribution is 2.29. The zero-order chi connectivity index (χ0) is 18.9. The molecule has 1 aliphatic heterocycles. The largest absolute Gasteiger partial charge is 0.435 e. The molecular formula is C16H20F3N5O2. The van der Waals surface area contributed by atoms with Gasteiger partial charge >= 0.3 is 12.2 Å². The second-order valence-corrected chi connectivity index (χ2v) is 6.62. The van der Waals surface area contributed by atoms with E-state index in [0.717, 1.165) is 6.07 Å². The van der Waals surface area contributed by atoms with Crippen LogP contribution in [0.4, 0.5) is 23.8 Å². The van der Waals surface area contributed by atoms with Gasteiger partial charge in [0, 0.05) is 31.3 Å². The number of anilines is 1. The minimum Gasteiger partial charge on any atom is -0.359 e. The summed E-state index contributed by atoms with van der Waals surface area (Å²) in [5, 5.41) is 10.1. The Morgan fingerprint density at radius 2 is 2.19 bits per heavy atom. The van der Waals surface area contributed by atoms with Crippen LogP contribution >= 0.6 is 0 Å². The lowest BCUT2D eigenvalue weighted by molar-refractivity contribution is -0.141. The summed E-state index contributed by atoms with van der Waals surface area (Å²) in [4.78, 5) is 14.0. The van der Waals surface area contributed by atoms with Crippen LogP contribution in [-0.4, -0.2) is 39.0 Å². The summed E-state index contributed by atoms with van der Waals surface area (Å²) in [6.45, 7) is 4.69. The van der Waals surface area contributed by atoms with Crippen LogP contribution in [0.5, 0.6) is 0 Å². The highest BCUT2D eigenvalue weighted by molar-refractivity contribution is 5.88. The maximum Gasteiger partial charge on any atom is 0.435 e. The molecular weight excluding hydrogens is 351 g/mol. The van der Waals surface area contributed by atoms with Crippen molar-refractivity contribution in [3.05, 3.63) is 29.8 Å². The van der Waals surface area contributed by atoms with Crippen LogP contribution in [-0.2, 0) is 6.18 Å². The molecule has 3 heterocycles. The Morgan fingerprint density at radius 1 is 1.42 bits per heavy atom. The highest BCUT2D eigenvalue weighted by Gasteiger charge is 2.35. The molecule has 10 heteroatoms. The van der Waals surface area contributed by atoms with Gasteiger partial charge in [0.1, 0.15) is 5.76 Å². The third kappa shape index (κ3) is 4.00. The van der Waals surface area contributed by atoms with Crippen LogP contribution in [0.1, 0.15) is 50.1 Å². The molecule has 142 valence electrons. The molecule has 2 aromatic heterocycles. The zero-order valence-corrected chi connectivity index (χ0v) is 14.5. The number of nitrogens with zero attached hydrogens (tertiary/aromatic N) is 4. The summed E-state index contributed by atoms with van der Waals surface area (Å²) in [5.41, 5.74) is -0.928. The fourth-order valence-electron chi connectivity index (χ4n) is 2.86. The average Bonchev–Trinajstić information content (AvgIpc) is 3.24. The number of halogens is 3. The van der Waals surface area contributed by atoms with E-state index in [2.05, 4.69) is 15.6 Å². The van der Waals surface area contributed by atoms with Gasteiger partial charge in [-0.05, 0) is 18.9 Å². The van der Waals surface area contributed by atoms with Crippen molar-refractivity contribution >= 4 is 11.8 Å². The van der Waals surface area contributed by atoms with Gasteiger partial charge in [0.2, 0.25) is 0 Å². The van der Waals surface area contributed by atoms with E-state index >= 15 is 0 Å². The predicted octanol–water partition coefficient (Wildman–Crippen LogP) is 3.88. The number of amides is 2. The third-order valence-corrected chi connectivity index (χ3v) is 4.29. The van der Waals surface area contributed by atoms with Gasteiger partial charge in [-0.1, -0.05) is 19.0 Å². The summed E-state index contributed by atoms with van der Waals surface area (Å²) in [6, 6.07) is 1.95. The van der Waals surface area contributed by atoms with Crippen molar-refractivity contribution in [3.8, 4) is 0 Å². The molecule has 2 aromatic rings. The van der Waals surface area contributed by atoms with Gasteiger partial charge in [-0.3, -0.25) is 10.00 Å². The number of aromatic nitrogens is 3. The molecule has 0 aromatic carbocycles. The lowest BCUT2D eigenvalue weighted by Gasteiger charge is -2.32. The predicted molar refractivity (Wildman–Crippen MR) is 86.7 cm³/mol. The Hall–Kier alpha value is -2.52. The van der Waals surface area contributed by atoms with Crippen molar-refractivity contribution in [2.75, 3.05) is 18.4 Å². The summed E-state index contributed by atoms with van der Waals surface area (Å²) in [6.07, 6.45) is -1.83. The van der Waals surface area contributed by atoms with E-state index in [1.54, 1.807) is 11.0 Å². The van der Waals surface area contributed by atoms with E-state index in [4.69, 9.17) is 4.52 Å². The van der Waals surface area contributed by atoms with Gasteiger partial charge in [-0.2, -0.15) is 18.3 Å². The number of piperidine rings is 1. The number of rotatable bonds is 3. The maximum absolute atomic E-state index is 12.7. The number of likely N-dealkylation sites (tertiary alicyclic amines) is 1. The van der Waals surface area contributed by atoms with E-state index in [9.17, 15) is 18.0 Å². The zero-order valence-electron chi connectivity index (χ0n) is 14.5. The van der Waals surface area contributed by atoms with Gasteiger partial charge in [-0.15, -0.1) is 0 Å². The first-order valence-electron chi connectivity index (χ1n) is 8.39. The normalized spacial score (nSPS) is 18.4. The van der Waals surface area contributed by atoms with E-state index in [1.807, 2.05) is 13.8 Å². The number of carbonyl (C=O) groups is 1. The first kappa shape index (κ1) is 18.3. The van der Waals surface area contributed by atoms with Crippen molar-refractivity contribution in [1.29, 1.82) is 0 Å². The summed E-state index contributed by atoms with van der Waals surface area (Å²) < 4.78 is 44.5. The number of urea groups is 1. The van der Waals surface area contributed by atoms with E-state index in [-0.39, 0.29) is 24.5 Å². The molecule has 0 spiro atoms. The fraction of sp³-hybridized carbons (Fsp3) is 0.562. The second-order valence-electron chi connectivity index (χ2n) is 6.62. The molecule has 0 radical (unpaired) electrons. The SMILES string of the molecule is CC(C)c1cc(NC(=O)N2CCCC(n3ccc(C(F)(F)F)n3)C2)no1. The molecule has 1 unspecified atom stereocenters. The first-order valence-corrected chi connectivity index (χ1v) is 8.39. The van der Waals surface area contributed by atoms with Crippen LogP contribution in [0.2, 0.25) is 0 Å². The third-order valence-electron chi connectivity index (χ3n) is 4.29. The molecule has 1 aliphatic rings. The van der Waals surface area contributed by atoms with Crippen LogP contribution < -0.4 is 5.32 Å². The van der Waals surface area contributed by atoms with Gasteiger partial charge in [0.05, 0.1) is 6.04 Å². The Kier molecular flexibility index (Phi) is 4.92. The first-order chi connectivity index (χ1) is 12.2. The van der Waals surface area contributed by atoms with Crippen molar-refractivity contribution in [3.63, 3.8) is 0 Å². The van der Waals surface area contributed by atoms with Crippen LogP contribution in [0.3, 0.4) is 0 Å². The molecule has 2 amide bonds. The van der Waals surface area contributed by atoms with Gasteiger partial charge < -0.3 is 9.42 Å². The summed E-state index contributed by atoms with van der Waals surface area (Å²) in [7, 11) is 0. The van der Waals surface area contributed by atoms with E-state index < -0.39 is 11.9 Å². The molecule has 1 atom stereocenters. The Balaban J connectivity index is 1.64. The molecule has 0 bridgehead atoms. The van der Waals surface area contributed by atoms with Gasteiger partial charge in [0.25, 0.3) is 0 Å². The van der Waals surface area contributed by atoms with E-state index in [1.165, 1.54) is 10.9 Å². The van der Waals surface area contributed by atoms with Gasteiger partial charge in [0.15, 0.2) is 11.5 Å². The molecule has 3 rings (SSSR count). The van der Waals surface area contributed by atoms with Crippen molar-refractivity contribution < 1.29 is 22.5 Å². The quantitative estimate of drug-likeness (QED) is 0.888. The molecule has 0 aliphatic carbocycles. The number of carbonyl (C=O) groups excluding carboxylic acids is 1. The number of nitrogens with one attached hydrogen (secondary N) is 1. The topological polar surface area (TPSA) is 76.2 Å². The molecule has 26 heavy (non-hydrogen) atoms. The van der Waals surface area contributed by atoms with Crippen molar-refractivity contribution in [2.45, 2.75) is 44.8 Å². The highest BCUT2D eigenvalue weighted by atomic mass is 19.4. The smallest absolute Gasteiger partial charge is 0.359 e. The molecule has 1 saturated heterocycles. The number of hydrogen-bond acceptors (Lipinski definition) is 4. The lowest BCUT2D eigenvalue weighted by atomic mass is 10.1. The second kappa shape index (κ2) is 7.00. The van der Waals surface area contributed by atoms with Crippen LogP contribution in [0.15, 0.2) is 22.9 Å². The molecule has 0 saturated carbocycles. The van der Waals surface area contributed by atoms with Crippen molar-refractivity contribution in [1.82, 2.24) is 19.8 Å². The minimum atomic E-state index is -4.47. The van der Waals surface area contributed by atoms with Crippen LogP contribution in [0.25, 0.3) is 0 Å². The molecule has 1 fully saturated rings. The Bertz CT molecular complexity index is 768. The fourth-order valence-corrected chi connectivity index (χ4v) is 2.86. The van der Waals surface area contributed by atoms with E-state index in [0.29, 0.717) is 31.0 Å². The van der Waals surface area contributed by atoms with Crippen LogP contribution in [0, 0.1) is 0 Å². The Labute approximate surface area is 148 Å². The monoisotopic (exact) mass is 371 g/mol. The maximum atomic E-state index is 12.7. The number of alkyl halides is 3. The standard InChI is InChI=1S/C16H20F3N5O2/c1-10(2)12-8-14(22-26-12)20-15(25)23-6-3-4-11(9-23)24-7-5-13(21-24)16(17,18)19/h5,7-8,10-11H,3-4,6,9H2,1-2H3,(H,20,22,25). The van der Waals surface area contributed by atoms with Gasteiger partial charge in [-0.25, -0.2) is 4.79 Å². The summed E-state index contributed by atoms with van der Waals surface area (Å²) in [5.74, 6) is 1.13. The minimum absolute atomic E-state index is 0.148.